The molecular weight excluding hydrogens is 308 g/mol. The van der Waals surface area contributed by atoms with E-state index in [1.165, 1.54) is 11.1 Å². The Morgan fingerprint density at radius 3 is 2.80 bits per heavy atom. The maximum atomic E-state index is 4.95. The average Bonchev–Trinajstić information content (AvgIpc) is 3.16. The highest BCUT2D eigenvalue weighted by atomic mass is 15.2. The minimum absolute atomic E-state index is 0.900. The molecule has 1 aliphatic heterocycles. The quantitative estimate of drug-likeness (QED) is 0.601. The predicted molar refractivity (Wildman–Crippen MR) is 101 cm³/mol. The zero-order valence-corrected chi connectivity index (χ0v) is 13.8. The molecule has 0 spiro atoms. The van der Waals surface area contributed by atoms with Gasteiger partial charge in [-0.3, -0.25) is 0 Å². The van der Waals surface area contributed by atoms with Crippen LogP contribution >= 0.6 is 0 Å². The van der Waals surface area contributed by atoms with Crippen LogP contribution < -0.4 is 4.90 Å². The Kier molecular flexibility index (Phi) is 3.27. The first-order valence-corrected chi connectivity index (χ1v) is 8.60. The van der Waals surface area contributed by atoms with E-state index in [0.717, 1.165) is 47.6 Å². The normalized spacial score (nSPS) is 13.8. The molecule has 0 radical (unpaired) electrons. The van der Waals surface area contributed by atoms with Gasteiger partial charge in [-0.1, -0.05) is 30.3 Å². The zero-order chi connectivity index (χ0) is 16.6. The molecule has 3 aromatic heterocycles. The lowest BCUT2D eigenvalue weighted by molar-refractivity contribution is 0.721. The van der Waals surface area contributed by atoms with Crippen LogP contribution in [0.1, 0.15) is 11.1 Å². The van der Waals surface area contributed by atoms with Gasteiger partial charge >= 0.3 is 0 Å². The van der Waals surface area contributed by atoms with Gasteiger partial charge in [-0.2, -0.15) is 0 Å². The number of anilines is 1. The van der Waals surface area contributed by atoms with Crippen LogP contribution in [0.5, 0.6) is 0 Å². The van der Waals surface area contributed by atoms with Crippen molar-refractivity contribution in [1.29, 1.82) is 0 Å². The first kappa shape index (κ1) is 14.2. The van der Waals surface area contributed by atoms with Crippen molar-refractivity contribution < 1.29 is 0 Å². The third-order valence-electron chi connectivity index (χ3n) is 4.93. The maximum Gasteiger partial charge on any atom is 0.137 e. The highest BCUT2D eigenvalue weighted by Crippen LogP contribution is 2.28. The Hall–Kier alpha value is -3.14. The number of fused-ring (bicyclic) bond motifs is 2. The van der Waals surface area contributed by atoms with Crippen LogP contribution in [0, 0.1) is 0 Å². The van der Waals surface area contributed by atoms with Gasteiger partial charge < -0.3 is 9.88 Å². The fraction of sp³-hybridized carbons (Fsp3) is 0.143. The van der Waals surface area contributed by atoms with E-state index in [0.29, 0.717) is 0 Å². The van der Waals surface area contributed by atoms with Crippen molar-refractivity contribution >= 4 is 16.9 Å². The number of aromatic amines is 1. The maximum absolute atomic E-state index is 4.95. The number of benzene rings is 1. The van der Waals surface area contributed by atoms with Crippen molar-refractivity contribution in [2.45, 2.75) is 13.0 Å². The minimum atomic E-state index is 0.900. The summed E-state index contributed by atoms with van der Waals surface area (Å²) in [6, 6.07) is 19.1. The molecule has 0 fully saturated rings. The average molecular weight is 326 g/mol. The Balaban J connectivity index is 1.53. The minimum Gasteiger partial charge on any atom is -0.352 e. The SMILES string of the molecule is c1cc(-c2ccnc3[nH]ccc23)nc(N2CCc3ccccc3C2)c1. The van der Waals surface area contributed by atoms with Crippen LogP contribution in [0.3, 0.4) is 0 Å². The fourth-order valence-electron chi connectivity index (χ4n) is 3.62. The van der Waals surface area contributed by atoms with E-state index in [1.807, 2.05) is 18.5 Å². The van der Waals surface area contributed by atoms with E-state index in [9.17, 15) is 0 Å². The first-order chi connectivity index (χ1) is 12.4. The molecule has 1 aliphatic rings. The van der Waals surface area contributed by atoms with E-state index in [-0.39, 0.29) is 0 Å². The Morgan fingerprint density at radius 1 is 0.920 bits per heavy atom. The zero-order valence-electron chi connectivity index (χ0n) is 13.8. The topological polar surface area (TPSA) is 44.8 Å². The summed E-state index contributed by atoms with van der Waals surface area (Å²) in [7, 11) is 0. The lowest BCUT2D eigenvalue weighted by atomic mass is 10.00. The molecular formula is C21H18N4. The highest BCUT2D eigenvalue weighted by Gasteiger charge is 2.17. The van der Waals surface area contributed by atoms with E-state index < -0.39 is 0 Å². The predicted octanol–water partition coefficient (Wildman–Crippen LogP) is 4.19. The van der Waals surface area contributed by atoms with E-state index >= 15 is 0 Å². The van der Waals surface area contributed by atoms with Crippen molar-refractivity contribution in [3.05, 3.63) is 78.1 Å². The third kappa shape index (κ3) is 2.47. The van der Waals surface area contributed by atoms with Gasteiger partial charge in [-0.25, -0.2) is 9.97 Å². The molecule has 4 nitrogen and oxygen atoms in total. The molecule has 25 heavy (non-hydrogen) atoms. The molecule has 0 saturated carbocycles. The number of H-pyrrole nitrogens is 1. The Morgan fingerprint density at radius 2 is 1.84 bits per heavy atom. The van der Waals surface area contributed by atoms with Crippen molar-refractivity contribution in [3.63, 3.8) is 0 Å². The molecule has 0 atom stereocenters. The van der Waals surface area contributed by atoms with Gasteiger partial charge in [-0.05, 0) is 41.8 Å². The second-order valence-corrected chi connectivity index (χ2v) is 6.42. The van der Waals surface area contributed by atoms with Gasteiger partial charge in [0.15, 0.2) is 0 Å². The Labute approximate surface area is 146 Å². The van der Waals surface area contributed by atoms with Gasteiger partial charge in [0, 0.05) is 36.4 Å². The first-order valence-electron chi connectivity index (χ1n) is 8.60. The number of nitrogens with zero attached hydrogens (tertiary/aromatic N) is 3. The second kappa shape index (κ2) is 5.74. The molecule has 1 aromatic carbocycles. The van der Waals surface area contributed by atoms with Gasteiger partial charge in [0.05, 0.1) is 5.69 Å². The van der Waals surface area contributed by atoms with Crippen molar-refractivity contribution in [1.82, 2.24) is 15.0 Å². The molecule has 4 heterocycles. The standard InChI is InChI=1S/C21H18N4/c1-2-5-16-14-25(13-10-15(16)4-1)20-7-3-6-19(24-20)17-8-11-22-21-18(17)9-12-23-21/h1-9,11-12H,10,13-14H2,(H,22,23). The smallest absolute Gasteiger partial charge is 0.137 e. The van der Waals surface area contributed by atoms with Gasteiger partial charge in [-0.15, -0.1) is 0 Å². The van der Waals surface area contributed by atoms with Crippen molar-refractivity contribution in [2.75, 3.05) is 11.4 Å². The largest absolute Gasteiger partial charge is 0.352 e. The van der Waals surface area contributed by atoms with Gasteiger partial charge in [0.2, 0.25) is 0 Å². The summed E-state index contributed by atoms with van der Waals surface area (Å²) >= 11 is 0. The van der Waals surface area contributed by atoms with Crippen LogP contribution in [-0.2, 0) is 13.0 Å². The summed E-state index contributed by atoms with van der Waals surface area (Å²) in [5.74, 6) is 1.03. The molecule has 0 saturated heterocycles. The third-order valence-corrected chi connectivity index (χ3v) is 4.93. The Bertz CT molecular complexity index is 1050. The fourth-order valence-corrected chi connectivity index (χ4v) is 3.62. The number of rotatable bonds is 2. The summed E-state index contributed by atoms with van der Waals surface area (Å²) in [4.78, 5) is 14.9. The van der Waals surface area contributed by atoms with Crippen LogP contribution in [0.15, 0.2) is 67.0 Å². The molecule has 1 N–H and O–H groups in total. The number of pyridine rings is 2. The number of nitrogens with one attached hydrogen (secondary N) is 1. The van der Waals surface area contributed by atoms with E-state index in [2.05, 4.69) is 63.4 Å². The van der Waals surface area contributed by atoms with E-state index in [1.54, 1.807) is 0 Å². The van der Waals surface area contributed by atoms with Gasteiger partial charge in [0.1, 0.15) is 11.5 Å². The summed E-state index contributed by atoms with van der Waals surface area (Å²) in [6.45, 7) is 1.92. The van der Waals surface area contributed by atoms with Crippen LogP contribution in [0.4, 0.5) is 5.82 Å². The lowest BCUT2D eigenvalue weighted by Crippen LogP contribution is -2.30. The van der Waals surface area contributed by atoms with Crippen LogP contribution in [0.2, 0.25) is 0 Å². The second-order valence-electron chi connectivity index (χ2n) is 6.42. The monoisotopic (exact) mass is 326 g/mol. The van der Waals surface area contributed by atoms with Crippen LogP contribution in [-0.4, -0.2) is 21.5 Å². The summed E-state index contributed by atoms with van der Waals surface area (Å²) in [5, 5.41) is 1.11. The summed E-state index contributed by atoms with van der Waals surface area (Å²) in [6.07, 6.45) is 4.83. The number of aromatic nitrogens is 3. The molecule has 4 aromatic rings. The molecule has 5 rings (SSSR count). The van der Waals surface area contributed by atoms with Crippen molar-refractivity contribution in [2.24, 2.45) is 0 Å². The molecule has 0 unspecified atom stereocenters. The van der Waals surface area contributed by atoms with Crippen molar-refractivity contribution in [3.8, 4) is 11.3 Å². The van der Waals surface area contributed by atoms with Gasteiger partial charge in [0.25, 0.3) is 0 Å². The van der Waals surface area contributed by atoms with E-state index in [4.69, 9.17) is 4.98 Å². The molecule has 0 aliphatic carbocycles. The molecule has 4 heteroatoms. The molecule has 0 bridgehead atoms. The lowest BCUT2D eigenvalue weighted by Gasteiger charge is -2.30. The highest BCUT2D eigenvalue weighted by molar-refractivity contribution is 5.91. The number of hydrogen-bond acceptors (Lipinski definition) is 3. The van der Waals surface area contributed by atoms with Crippen LogP contribution in [0.25, 0.3) is 22.3 Å². The summed E-state index contributed by atoms with van der Waals surface area (Å²) < 4.78 is 0. The molecule has 122 valence electrons. The summed E-state index contributed by atoms with van der Waals surface area (Å²) in [5.41, 5.74) is 5.86. The molecule has 0 amide bonds. The number of hydrogen-bond donors (Lipinski definition) is 1.